The number of nitrogens with zero attached hydrogens (tertiary/aromatic N) is 3. The second-order valence-corrected chi connectivity index (χ2v) is 6.19. The highest BCUT2D eigenvalue weighted by molar-refractivity contribution is 5.68. The summed E-state index contributed by atoms with van der Waals surface area (Å²) in [5, 5.41) is 0. The smallest absolute Gasteiger partial charge is 0.178 e. The van der Waals surface area contributed by atoms with Crippen molar-refractivity contribution >= 4 is 0 Å². The second-order valence-electron chi connectivity index (χ2n) is 6.19. The summed E-state index contributed by atoms with van der Waals surface area (Å²) in [4.78, 5) is 14.0. The molecule has 3 aromatic rings. The molecule has 0 aliphatic heterocycles. The van der Waals surface area contributed by atoms with Crippen molar-refractivity contribution in [2.75, 3.05) is 7.11 Å². The van der Waals surface area contributed by atoms with E-state index in [9.17, 15) is 4.39 Å². The first-order chi connectivity index (χ1) is 12.2. The molecular formula is C20H18FN3O. The van der Waals surface area contributed by atoms with Crippen LogP contribution >= 0.6 is 0 Å². The van der Waals surface area contributed by atoms with Gasteiger partial charge in [-0.2, -0.15) is 0 Å². The molecule has 0 unspecified atom stereocenters. The van der Waals surface area contributed by atoms with Crippen molar-refractivity contribution in [2.45, 2.75) is 26.2 Å². The quantitative estimate of drug-likeness (QED) is 0.721. The van der Waals surface area contributed by atoms with Crippen LogP contribution in [0.4, 0.5) is 4.39 Å². The van der Waals surface area contributed by atoms with Crippen LogP contribution in [0, 0.1) is 12.7 Å². The zero-order chi connectivity index (χ0) is 17.4. The monoisotopic (exact) mass is 335 g/mol. The Labute approximate surface area is 145 Å². The lowest BCUT2D eigenvalue weighted by molar-refractivity contribution is 0.386. The summed E-state index contributed by atoms with van der Waals surface area (Å²) < 4.78 is 19.2. The molecule has 0 N–H and O–H groups in total. The first kappa shape index (κ1) is 15.7. The third kappa shape index (κ3) is 2.86. The molecule has 1 aromatic carbocycles. The van der Waals surface area contributed by atoms with Crippen LogP contribution in [0.2, 0.25) is 0 Å². The molecule has 0 atom stereocenters. The normalized spacial score (nSPS) is 12.9. The van der Waals surface area contributed by atoms with Gasteiger partial charge in [0, 0.05) is 22.5 Å². The maximum atomic E-state index is 14.2. The average molecular weight is 335 g/mol. The minimum absolute atomic E-state index is 0.232. The molecule has 5 heteroatoms. The van der Waals surface area contributed by atoms with Crippen molar-refractivity contribution in [1.82, 2.24) is 15.0 Å². The summed E-state index contributed by atoms with van der Waals surface area (Å²) in [7, 11) is 1.46. The van der Waals surface area contributed by atoms with E-state index in [1.165, 1.54) is 13.2 Å². The number of aromatic nitrogens is 3. The Morgan fingerprint density at radius 2 is 1.92 bits per heavy atom. The molecule has 25 heavy (non-hydrogen) atoms. The Morgan fingerprint density at radius 3 is 2.68 bits per heavy atom. The van der Waals surface area contributed by atoms with Crippen LogP contribution in [0.1, 0.15) is 23.4 Å². The number of methoxy groups -OCH3 is 1. The number of pyridine rings is 1. The third-order valence-electron chi connectivity index (χ3n) is 4.48. The van der Waals surface area contributed by atoms with E-state index in [0.717, 1.165) is 53.2 Å². The van der Waals surface area contributed by atoms with Crippen LogP contribution < -0.4 is 4.74 Å². The van der Waals surface area contributed by atoms with E-state index in [-0.39, 0.29) is 11.6 Å². The van der Waals surface area contributed by atoms with Gasteiger partial charge in [0.05, 0.1) is 12.8 Å². The zero-order valence-corrected chi connectivity index (χ0v) is 14.2. The van der Waals surface area contributed by atoms with Gasteiger partial charge in [-0.15, -0.1) is 0 Å². The lowest BCUT2D eigenvalue weighted by Gasteiger charge is -2.11. The van der Waals surface area contributed by atoms with Crippen LogP contribution in [0.15, 0.2) is 36.4 Å². The third-order valence-corrected chi connectivity index (χ3v) is 4.48. The van der Waals surface area contributed by atoms with E-state index < -0.39 is 0 Å². The fraction of sp³-hybridized carbons (Fsp3) is 0.250. The minimum atomic E-state index is -0.388. The van der Waals surface area contributed by atoms with Crippen molar-refractivity contribution in [3.63, 3.8) is 0 Å². The van der Waals surface area contributed by atoms with E-state index in [1.54, 1.807) is 6.07 Å². The number of aryl methyl sites for hydroxylation is 2. The summed E-state index contributed by atoms with van der Waals surface area (Å²) in [5.74, 6) is 0.436. The van der Waals surface area contributed by atoms with E-state index in [2.05, 4.69) is 4.98 Å². The lowest BCUT2D eigenvalue weighted by atomic mass is 10.0. The number of halogens is 1. The standard InChI is InChI=1S/C20H18FN3O/c1-12-5-3-8-17(22-12)20-23-16-7-4-6-14(16)19(24-20)13-9-10-18(25-2)15(21)11-13/h3,5,8-11H,4,6-7H2,1-2H3. The molecule has 0 amide bonds. The molecule has 1 aliphatic rings. The van der Waals surface area contributed by atoms with E-state index in [4.69, 9.17) is 14.7 Å². The van der Waals surface area contributed by atoms with Crippen molar-refractivity contribution < 1.29 is 9.13 Å². The molecule has 0 spiro atoms. The lowest BCUT2D eigenvalue weighted by Crippen LogP contribution is -2.02. The zero-order valence-electron chi connectivity index (χ0n) is 14.2. The molecule has 0 fully saturated rings. The van der Waals surface area contributed by atoms with Gasteiger partial charge in [-0.3, -0.25) is 0 Å². The maximum absolute atomic E-state index is 14.2. The molecule has 1 aliphatic carbocycles. The maximum Gasteiger partial charge on any atom is 0.178 e. The van der Waals surface area contributed by atoms with Crippen LogP contribution in [-0.4, -0.2) is 22.1 Å². The topological polar surface area (TPSA) is 47.9 Å². The Balaban J connectivity index is 1.89. The fourth-order valence-electron chi connectivity index (χ4n) is 3.27. The number of ether oxygens (including phenoxy) is 1. The van der Waals surface area contributed by atoms with Gasteiger partial charge in [0.15, 0.2) is 17.4 Å². The molecule has 4 nitrogen and oxygen atoms in total. The Hall–Kier alpha value is -2.82. The summed E-state index contributed by atoms with van der Waals surface area (Å²) in [5.41, 5.74) is 5.35. The van der Waals surface area contributed by atoms with Crippen molar-refractivity contribution in [3.8, 4) is 28.5 Å². The Morgan fingerprint density at radius 1 is 1.04 bits per heavy atom. The van der Waals surface area contributed by atoms with Crippen LogP contribution in [-0.2, 0) is 12.8 Å². The molecular weight excluding hydrogens is 317 g/mol. The van der Waals surface area contributed by atoms with Crippen LogP contribution in [0.3, 0.4) is 0 Å². The van der Waals surface area contributed by atoms with E-state index in [0.29, 0.717) is 5.82 Å². The second kappa shape index (κ2) is 6.24. The van der Waals surface area contributed by atoms with Crippen molar-refractivity contribution in [1.29, 1.82) is 0 Å². The molecule has 2 heterocycles. The molecule has 2 aromatic heterocycles. The molecule has 4 rings (SSSR count). The highest BCUT2D eigenvalue weighted by atomic mass is 19.1. The van der Waals surface area contributed by atoms with Gasteiger partial charge >= 0.3 is 0 Å². The number of rotatable bonds is 3. The summed E-state index contributed by atoms with van der Waals surface area (Å²) >= 11 is 0. The number of benzene rings is 1. The number of hydrogen-bond acceptors (Lipinski definition) is 4. The Kier molecular flexibility index (Phi) is 3.92. The SMILES string of the molecule is COc1ccc(-c2nc(-c3cccc(C)n3)nc3c2CCC3)cc1F. The largest absolute Gasteiger partial charge is 0.494 e. The predicted molar refractivity (Wildman–Crippen MR) is 94.0 cm³/mol. The highest BCUT2D eigenvalue weighted by Crippen LogP contribution is 2.33. The van der Waals surface area contributed by atoms with Gasteiger partial charge in [0.2, 0.25) is 0 Å². The average Bonchev–Trinajstić information content (AvgIpc) is 3.09. The highest BCUT2D eigenvalue weighted by Gasteiger charge is 2.22. The van der Waals surface area contributed by atoms with Gasteiger partial charge in [-0.1, -0.05) is 6.07 Å². The first-order valence-electron chi connectivity index (χ1n) is 8.33. The minimum Gasteiger partial charge on any atom is -0.494 e. The van der Waals surface area contributed by atoms with Gasteiger partial charge in [0.1, 0.15) is 5.69 Å². The number of fused-ring (bicyclic) bond motifs is 1. The summed E-state index contributed by atoms with van der Waals surface area (Å²) in [6.45, 7) is 1.94. The molecule has 126 valence electrons. The van der Waals surface area contributed by atoms with Gasteiger partial charge < -0.3 is 4.74 Å². The summed E-state index contributed by atoms with van der Waals surface area (Å²) in [6.07, 6.45) is 2.88. The predicted octanol–water partition coefficient (Wildman–Crippen LogP) is 4.15. The molecule has 0 saturated heterocycles. The number of hydrogen-bond donors (Lipinski definition) is 0. The summed E-state index contributed by atoms with van der Waals surface area (Å²) in [6, 6.07) is 10.8. The van der Waals surface area contributed by atoms with E-state index >= 15 is 0 Å². The van der Waals surface area contributed by atoms with E-state index in [1.807, 2.05) is 31.2 Å². The Bertz CT molecular complexity index is 956. The molecule has 0 bridgehead atoms. The van der Waals surface area contributed by atoms with Gasteiger partial charge in [-0.05, 0) is 56.5 Å². The fourth-order valence-corrected chi connectivity index (χ4v) is 3.27. The van der Waals surface area contributed by atoms with Gasteiger partial charge in [0.25, 0.3) is 0 Å². The molecule has 0 saturated carbocycles. The van der Waals surface area contributed by atoms with Gasteiger partial charge in [-0.25, -0.2) is 19.3 Å². The van der Waals surface area contributed by atoms with Crippen molar-refractivity contribution in [2.24, 2.45) is 0 Å². The van der Waals surface area contributed by atoms with Crippen LogP contribution in [0.25, 0.3) is 22.8 Å². The van der Waals surface area contributed by atoms with Crippen molar-refractivity contribution in [3.05, 3.63) is 59.2 Å². The molecule has 0 radical (unpaired) electrons. The van der Waals surface area contributed by atoms with Crippen LogP contribution in [0.5, 0.6) is 5.75 Å². The first-order valence-corrected chi connectivity index (χ1v) is 8.33.